The number of hydrogen-bond acceptors (Lipinski definition) is 3. The van der Waals surface area contributed by atoms with Crippen molar-refractivity contribution in [3.05, 3.63) is 11.9 Å². The molecule has 0 bridgehead atoms. The largest absolute Gasteiger partial charge is 0.308 e. The van der Waals surface area contributed by atoms with Gasteiger partial charge in [0.2, 0.25) is 0 Å². The Labute approximate surface area is 97.4 Å². The van der Waals surface area contributed by atoms with Gasteiger partial charge in [0.1, 0.15) is 0 Å². The van der Waals surface area contributed by atoms with Gasteiger partial charge in [-0.2, -0.15) is 0 Å². The van der Waals surface area contributed by atoms with E-state index in [2.05, 4.69) is 22.6 Å². The number of nitrogens with zero attached hydrogens (tertiary/aromatic N) is 3. The predicted molar refractivity (Wildman–Crippen MR) is 64.0 cm³/mol. The summed E-state index contributed by atoms with van der Waals surface area (Å²) in [6.07, 6.45) is 8.51. The minimum absolute atomic E-state index is 0.447. The maximum absolute atomic E-state index is 4.04. The maximum atomic E-state index is 4.04. The van der Waals surface area contributed by atoms with Gasteiger partial charge in [-0.15, -0.1) is 5.10 Å². The van der Waals surface area contributed by atoms with Gasteiger partial charge in [-0.3, -0.25) is 4.68 Å². The van der Waals surface area contributed by atoms with E-state index in [0.29, 0.717) is 6.04 Å². The molecule has 0 amide bonds. The van der Waals surface area contributed by atoms with Crippen molar-refractivity contribution in [2.45, 2.75) is 45.1 Å². The van der Waals surface area contributed by atoms with Crippen LogP contribution in [-0.2, 0) is 7.05 Å². The third kappa shape index (κ3) is 2.43. The first-order chi connectivity index (χ1) is 7.83. The molecule has 1 aliphatic carbocycles. The molecule has 0 saturated heterocycles. The van der Waals surface area contributed by atoms with E-state index in [1.165, 1.54) is 37.8 Å². The third-order valence-electron chi connectivity index (χ3n) is 3.55. The van der Waals surface area contributed by atoms with Gasteiger partial charge in [-0.05, 0) is 31.7 Å². The van der Waals surface area contributed by atoms with E-state index in [1.807, 2.05) is 17.9 Å². The minimum atomic E-state index is 0.447. The van der Waals surface area contributed by atoms with Gasteiger partial charge in [0.15, 0.2) is 0 Å². The molecular formula is C12H22N4. The molecular weight excluding hydrogens is 200 g/mol. The lowest BCUT2D eigenvalue weighted by molar-refractivity contribution is 0.351. The Morgan fingerprint density at radius 3 is 2.81 bits per heavy atom. The normalized spacial score (nSPS) is 19.1. The highest BCUT2D eigenvalue weighted by Gasteiger charge is 2.27. The van der Waals surface area contributed by atoms with E-state index < -0.39 is 0 Å². The van der Waals surface area contributed by atoms with Crippen LogP contribution >= 0.6 is 0 Å². The second-order valence-electron chi connectivity index (χ2n) is 4.76. The van der Waals surface area contributed by atoms with Crippen LogP contribution in [0.25, 0.3) is 0 Å². The number of aryl methyl sites for hydroxylation is 1. The van der Waals surface area contributed by atoms with E-state index in [9.17, 15) is 0 Å². The van der Waals surface area contributed by atoms with Gasteiger partial charge in [0, 0.05) is 7.05 Å². The van der Waals surface area contributed by atoms with Crippen molar-refractivity contribution in [2.75, 3.05) is 6.54 Å². The summed E-state index contributed by atoms with van der Waals surface area (Å²) in [6, 6.07) is 0.447. The van der Waals surface area contributed by atoms with Gasteiger partial charge in [0.05, 0.1) is 17.9 Å². The van der Waals surface area contributed by atoms with Gasteiger partial charge < -0.3 is 5.32 Å². The van der Waals surface area contributed by atoms with E-state index in [0.717, 1.165) is 12.5 Å². The lowest BCUT2D eigenvalue weighted by Crippen LogP contribution is -2.29. The Balaban J connectivity index is 2.10. The number of hydrogen-bond donors (Lipinski definition) is 1. The molecule has 0 spiro atoms. The van der Waals surface area contributed by atoms with Gasteiger partial charge in [0.25, 0.3) is 0 Å². The SMILES string of the molecule is CCCNC(c1cnnn1C)C1CCCC1. The van der Waals surface area contributed by atoms with E-state index in [4.69, 9.17) is 0 Å². The fourth-order valence-corrected chi connectivity index (χ4v) is 2.68. The standard InChI is InChI=1S/C12H22N4/c1-3-8-13-12(10-6-4-5-7-10)11-9-14-15-16(11)2/h9-10,12-13H,3-8H2,1-2H3. The second-order valence-corrected chi connectivity index (χ2v) is 4.76. The maximum Gasteiger partial charge on any atom is 0.0756 e. The molecule has 16 heavy (non-hydrogen) atoms. The average Bonchev–Trinajstić information content (AvgIpc) is 2.91. The van der Waals surface area contributed by atoms with Crippen molar-refractivity contribution in [3.8, 4) is 0 Å². The summed E-state index contributed by atoms with van der Waals surface area (Å²) >= 11 is 0. The van der Waals surface area contributed by atoms with E-state index in [1.54, 1.807) is 0 Å². The van der Waals surface area contributed by atoms with E-state index >= 15 is 0 Å². The molecule has 1 aromatic heterocycles. The van der Waals surface area contributed by atoms with Gasteiger partial charge in [-0.1, -0.05) is 25.0 Å². The zero-order valence-electron chi connectivity index (χ0n) is 10.3. The van der Waals surface area contributed by atoms with Crippen LogP contribution in [0.3, 0.4) is 0 Å². The third-order valence-corrected chi connectivity index (χ3v) is 3.55. The first-order valence-electron chi connectivity index (χ1n) is 6.41. The predicted octanol–water partition coefficient (Wildman–Crippen LogP) is 2.05. The van der Waals surface area contributed by atoms with Crippen LogP contribution in [0.2, 0.25) is 0 Å². The summed E-state index contributed by atoms with van der Waals surface area (Å²) < 4.78 is 1.91. The molecule has 1 aliphatic rings. The summed E-state index contributed by atoms with van der Waals surface area (Å²) in [5, 5.41) is 11.7. The highest BCUT2D eigenvalue weighted by atomic mass is 15.4. The zero-order chi connectivity index (χ0) is 11.4. The summed E-state index contributed by atoms with van der Waals surface area (Å²) in [7, 11) is 1.98. The molecule has 4 heteroatoms. The fraction of sp³-hybridized carbons (Fsp3) is 0.833. The van der Waals surface area contributed by atoms with E-state index in [-0.39, 0.29) is 0 Å². The molecule has 90 valence electrons. The molecule has 0 aromatic carbocycles. The molecule has 2 rings (SSSR count). The first kappa shape index (κ1) is 11.6. The molecule has 1 N–H and O–H groups in total. The van der Waals surface area contributed by atoms with Crippen LogP contribution in [0.4, 0.5) is 0 Å². The summed E-state index contributed by atoms with van der Waals surface area (Å²) in [5.41, 5.74) is 1.24. The summed E-state index contributed by atoms with van der Waals surface area (Å²) in [5.74, 6) is 0.767. The van der Waals surface area contributed by atoms with Crippen molar-refractivity contribution in [2.24, 2.45) is 13.0 Å². The molecule has 0 radical (unpaired) electrons. The monoisotopic (exact) mass is 222 g/mol. The molecule has 0 aliphatic heterocycles. The number of rotatable bonds is 5. The van der Waals surface area contributed by atoms with Crippen LogP contribution in [0.5, 0.6) is 0 Å². The Kier molecular flexibility index (Phi) is 3.93. The van der Waals surface area contributed by atoms with Crippen LogP contribution in [0.15, 0.2) is 6.20 Å². The highest BCUT2D eigenvalue weighted by Crippen LogP contribution is 2.35. The van der Waals surface area contributed by atoms with Crippen LogP contribution in [0.1, 0.15) is 50.8 Å². The molecule has 1 heterocycles. The highest BCUT2D eigenvalue weighted by molar-refractivity contribution is 5.04. The smallest absolute Gasteiger partial charge is 0.0756 e. The quantitative estimate of drug-likeness (QED) is 0.829. The van der Waals surface area contributed by atoms with Gasteiger partial charge in [-0.25, -0.2) is 0 Å². The number of nitrogens with one attached hydrogen (secondary N) is 1. The van der Waals surface area contributed by atoms with Crippen molar-refractivity contribution in [1.29, 1.82) is 0 Å². The molecule has 1 atom stereocenters. The average molecular weight is 222 g/mol. The van der Waals surface area contributed by atoms with Crippen LogP contribution in [0, 0.1) is 5.92 Å². The molecule has 1 fully saturated rings. The second kappa shape index (κ2) is 5.43. The topological polar surface area (TPSA) is 42.7 Å². The van der Waals surface area contributed by atoms with Crippen molar-refractivity contribution in [1.82, 2.24) is 20.3 Å². The number of aromatic nitrogens is 3. The first-order valence-corrected chi connectivity index (χ1v) is 6.41. The Bertz CT molecular complexity index is 315. The molecule has 1 saturated carbocycles. The Morgan fingerprint density at radius 2 is 2.25 bits per heavy atom. The molecule has 4 nitrogen and oxygen atoms in total. The van der Waals surface area contributed by atoms with Crippen LogP contribution < -0.4 is 5.32 Å². The lowest BCUT2D eigenvalue weighted by Gasteiger charge is -2.24. The van der Waals surface area contributed by atoms with Crippen LogP contribution in [-0.4, -0.2) is 21.5 Å². The lowest BCUT2D eigenvalue weighted by atomic mass is 9.95. The summed E-state index contributed by atoms with van der Waals surface area (Å²) in [6.45, 7) is 3.28. The van der Waals surface area contributed by atoms with Crippen molar-refractivity contribution < 1.29 is 0 Å². The molecule has 1 aromatic rings. The van der Waals surface area contributed by atoms with Crippen molar-refractivity contribution in [3.63, 3.8) is 0 Å². The minimum Gasteiger partial charge on any atom is -0.308 e. The molecule has 1 unspecified atom stereocenters. The van der Waals surface area contributed by atoms with Crippen molar-refractivity contribution >= 4 is 0 Å². The Hall–Kier alpha value is -0.900. The fourth-order valence-electron chi connectivity index (χ4n) is 2.68. The zero-order valence-corrected chi connectivity index (χ0v) is 10.3. The van der Waals surface area contributed by atoms with Gasteiger partial charge >= 0.3 is 0 Å². The Morgan fingerprint density at radius 1 is 1.50 bits per heavy atom. The summed E-state index contributed by atoms with van der Waals surface area (Å²) in [4.78, 5) is 0.